The van der Waals surface area contributed by atoms with Gasteiger partial charge in [-0.3, -0.25) is 4.68 Å². The highest BCUT2D eigenvalue weighted by molar-refractivity contribution is 9.10. The molecule has 0 saturated heterocycles. The van der Waals surface area contributed by atoms with E-state index in [1.54, 1.807) is 11.7 Å². The minimum absolute atomic E-state index is 0.00483. The van der Waals surface area contributed by atoms with Crippen LogP contribution >= 0.6 is 15.9 Å². The van der Waals surface area contributed by atoms with Crippen molar-refractivity contribution in [2.24, 2.45) is 12.8 Å². The summed E-state index contributed by atoms with van der Waals surface area (Å²) in [4.78, 5) is 0. The molecule has 19 heavy (non-hydrogen) atoms. The Hall–Kier alpha value is -0.600. The number of aromatic nitrogens is 2. The van der Waals surface area contributed by atoms with Crippen LogP contribution in [-0.2, 0) is 18.2 Å². The van der Waals surface area contributed by atoms with Crippen LogP contribution in [0.15, 0.2) is 4.47 Å². The maximum atomic E-state index is 11.9. The summed E-state index contributed by atoms with van der Waals surface area (Å²) < 4.78 is 42.7. The maximum absolute atomic E-state index is 11.9. The summed E-state index contributed by atoms with van der Waals surface area (Å²) in [6, 6.07) is -0.265. The Kier molecular flexibility index (Phi) is 5.82. The number of rotatable bonds is 6. The van der Waals surface area contributed by atoms with Crippen LogP contribution < -0.4 is 5.73 Å². The van der Waals surface area contributed by atoms with Gasteiger partial charge in [0.05, 0.1) is 15.9 Å². The van der Waals surface area contributed by atoms with E-state index < -0.39 is 12.8 Å². The van der Waals surface area contributed by atoms with Gasteiger partial charge in [-0.1, -0.05) is 0 Å². The summed E-state index contributed by atoms with van der Waals surface area (Å²) in [6.07, 6.45) is -3.38. The molecule has 0 aliphatic rings. The lowest BCUT2D eigenvalue weighted by Crippen LogP contribution is -2.27. The third-order valence-corrected chi connectivity index (χ3v) is 3.65. The van der Waals surface area contributed by atoms with Crippen molar-refractivity contribution < 1.29 is 17.9 Å². The molecule has 8 heteroatoms. The topological polar surface area (TPSA) is 53.1 Å². The second-order valence-corrected chi connectivity index (χ2v) is 5.18. The molecular weight excluding hydrogens is 327 g/mol. The molecule has 1 atom stereocenters. The lowest BCUT2D eigenvalue weighted by atomic mass is 10.1. The van der Waals surface area contributed by atoms with Crippen LogP contribution in [0.5, 0.6) is 0 Å². The van der Waals surface area contributed by atoms with Crippen LogP contribution in [0, 0.1) is 6.92 Å². The zero-order chi connectivity index (χ0) is 14.6. The molecule has 2 N–H and O–H groups in total. The van der Waals surface area contributed by atoms with Gasteiger partial charge >= 0.3 is 6.18 Å². The highest BCUT2D eigenvalue weighted by atomic mass is 79.9. The standard InChI is InChI=1S/C11H17BrF3N3O/c1-7-10(12)9(18(2)17-7)5-8(16)3-4-19-6-11(13,14)15/h8H,3-6,16H2,1-2H3. The van der Waals surface area contributed by atoms with Crippen LogP contribution in [0.4, 0.5) is 13.2 Å². The fraction of sp³-hybridized carbons (Fsp3) is 0.727. The van der Waals surface area contributed by atoms with Crippen molar-refractivity contribution in [1.29, 1.82) is 0 Å². The van der Waals surface area contributed by atoms with E-state index in [1.807, 2.05) is 6.92 Å². The van der Waals surface area contributed by atoms with Crippen LogP contribution in [0.3, 0.4) is 0 Å². The molecule has 1 unspecified atom stereocenters. The molecule has 0 spiro atoms. The molecule has 0 fully saturated rings. The van der Waals surface area contributed by atoms with Gasteiger partial charge in [0.25, 0.3) is 0 Å². The van der Waals surface area contributed by atoms with E-state index in [0.29, 0.717) is 12.8 Å². The molecular formula is C11H17BrF3N3O. The zero-order valence-corrected chi connectivity index (χ0v) is 12.4. The molecule has 0 aliphatic carbocycles. The quantitative estimate of drug-likeness (QED) is 0.806. The first-order valence-electron chi connectivity index (χ1n) is 5.78. The number of alkyl halides is 3. The van der Waals surface area contributed by atoms with E-state index in [1.165, 1.54) is 0 Å². The molecule has 0 bridgehead atoms. The fourth-order valence-electron chi connectivity index (χ4n) is 1.67. The molecule has 0 aromatic carbocycles. The molecule has 0 aliphatic heterocycles. The molecule has 1 aromatic rings. The Morgan fingerprint density at radius 2 is 2.11 bits per heavy atom. The SMILES string of the molecule is Cc1nn(C)c(CC(N)CCOCC(F)(F)F)c1Br. The average molecular weight is 344 g/mol. The van der Waals surface area contributed by atoms with Gasteiger partial charge < -0.3 is 10.5 Å². The van der Waals surface area contributed by atoms with Gasteiger partial charge in [0.15, 0.2) is 0 Å². The molecule has 1 rings (SSSR count). The number of hydrogen-bond donors (Lipinski definition) is 1. The Morgan fingerprint density at radius 1 is 1.47 bits per heavy atom. The predicted molar refractivity (Wildman–Crippen MR) is 68.8 cm³/mol. The van der Waals surface area contributed by atoms with Gasteiger partial charge in [-0.25, -0.2) is 0 Å². The summed E-state index contributed by atoms with van der Waals surface area (Å²) in [5.74, 6) is 0. The van der Waals surface area contributed by atoms with Crippen molar-refractivity contribution >= 4 is 15.9 Å². The minimum Gasteiger partial charge on any atom is -0.372 e. The monoisotopic (exact) mass is 343 g/mol. The van der Waals surface area contributed by atoms with Crippen molar-refractivity contribution in [2.75, 3.05) is 13.2 Å². The summed E-state index contributed by atoms with van der Waals surface area (Å²) in [5.41, 5.74) is 7.67. The van der Waals surface area contributed by atoms with Crippen LogP contribution in [0.1, 0.15) is 17.8 Å². The Labute approximate surface area is 118 Å². The van der Waals surface area contributed by atoms with Crippen LogP contribution in [-0.4, -0.2) is 35.2 Å². The largest absolute Gasteiger partial charge is 0.411 e. The van der Waals surface area contributed by atoms with Gasteiger partial charge in [-0.15, -0.1) is 0 Å². The van der Waals surface area contributed by atoms with Gasteiger partial charge in [0, 0.05) is 26.1 Å². The third-order valence-electron chi connectivity index (χ3n) is 2.62. The normalized spacial score (nSPS) is 13.8. The highest BCUT2D eigenvalue weighted by Crippen LogP contribution is 2.21. The molecule has 110 valence electrons. The van der Waals surface area contributed by atoms with Crippen molar-refractivity contribution in [1.82, 2.24) is 9.78 Å². The summed E-state index contributed by atoms with van der Waals surface area (Å²) >= 11 is 3.42. The van der Waals surface area contributed by atoms with Gasteiger partial charge in [0.1, 0.15) is 6.61 Å². The smallest absolute Gasteiger partial charge is 0.372 e. The number of aryl methyl sites for hydroxylation is 2. The fourth-order valence-corrected chi connectivity index (χ4v) is 2.17. The van der Waals surface area contributed by atoms with E-state index >= 15 is 0 Å². The van der Waals surface area contributed by atoms with Crippen molar-refractivity contribution in [3.63, 3.8) is 0 Å². The van der Waals surface area contributed by atoms with Gasteiger partial charge in [-0.2, -0.15) is 18.3 Å². The van der Waals surface area contributed by atoms with E-state index in [4.69, 9.17) is 5.73 Å². The average Bonchev–Trinajstić information content (AvgIpc) is 2.50. The minimum atomic E-state index is -4.29. The summed E-state index contributed by atoms with van der Waals surface area (Å²) in [5, 5.41) is 4.23. The number of ether oxygens (including phenoxy) is 1. The molecule has 4 nitrogen and oxygen atoms in total. The van der Waals surface area contributed by atoms with Crippen molar-refractivity contribution in [2.45, 2.75) is 32.0 Å². The summed E-state index contributed by atoms with van der Waals surface area (Å²) in [7, 11) is 1.81. The predicted octanol–water partition coefficient (Wildman–Crippen LogP) is 2.33. The first kappa shape index (κ1) is 16.5. The van der Waals surface area contributed by atoms with Crippen molar-refractivity contribution in [3.8, 4) is 0 Å². The maximum Gasteiger partial charge on any atom is 0.411 e. The van der Waals surface area contributed by atoms with Gasteiger partial charge in [-0.05, 0) is 29.3 Å². The highest BCUT2D eigenvalue weighted by Gasteiger charge is 2.27. The molecule has 0 saturated carbocycles. The molecule has 1 aromatic heterocycles. The summed E-state index contributed by atoms with van der Waals surface area (Å²) in [6.45, 7) is 0.634. The molecule has 1 heterocycles. The number of nitrogens with two attached hydrogens (primary N) is 1. The van der Waals surface area contributed by atoms with Crippen molar-refractivity contribution in [3.05, 3.63) is 15.9 Å². The zero-order valence-electron chi connectivity index (χ0n) is 10.8. The van der Waals surface area contributed by atoms with E-state index in [-0.39, 0.29) is 12.6 Å². The van der Waals surface area contributed by atoms with E-state index in [2.05, 4.69) is 25.8 Å². The first-order chi connectivity index (χ1) is 8.70. The lowest BCUT2D eigenvalue weighted by molar-refractivity contribution is -0.174. The van der Waals surface area contributed by atoms with Crippen LogP contribution in [0.2, 0.25) is 0 Å². The van der Waals surface area contributed by atoms with Crippen LogP contribution in [0.25, 0.3) is 0 Å². The second-order valence-electron chi connectivity index (χ2n) is 4.39. The Morgan fingerprint density at radius 3 is 2.58 bits per heavy atom. The van der Waals surface area contributed by atoms with Gasteiger partial charge in [0.2, 0.25) is 0 Å². The number of halogens is 4. The second kappa shape index (κ2) is 6.71. The molecule has 0 amide bonds. The Bertz CT molecular complexity index is 420. The molecule has 0 radical (unpaired) electrons. The first-order valence-corrected chi connectivity index (χ1v) is 6.58. The van der Waals surface area contributed by atoms with E-state index in [0.717, 1.165) is 15.9 Å². The number of hydrogen-bond acceptors (Lipinski definition) is 3. The Balaban J connectivity index is 2.37. The third kappa shape index (κ3) is 5.50. The van der Waals surface area contributed by atoms with E-state index in [9.17, 15) is 13.2 Å². The lowest BCUT2D eigenvalue weighted by Gasteiger charge is -2.13. The number of nitrogens with zero attached hydrogens (tertiary/aromatic N) is 2.